The third kappa shape index (κ3) is 4.46. The molecule has 31 heavy (non-hydrogen) atoms. The Morgan fingerprint density at radius 3 is 2.39 bits per heavy atom. The first kappa shape index (κ1) is 19.6. The second-order valence-corrected chi connectivity index (χ2v) is 10.2. The lowest BCUT2D eigenvalue weighted by Crippen LogP contribution is -2.32. The van der Waals surface area contributed by atoms with Gasteiger partial charge in [0.2, 0.25) is 0 Å². The smallest absolute Gasteiger partial charge is 0.148 e. The van der Waals surface area contributed by atoms with E-state index >= 15 is 0 Å². The van der Waals surface area contributed by atoms with E-state index in [0.717, 1.165) is 48.0 Å². The SMILES string of the molecule is c1cc(C2CC2)ncc1-c1ccc(NC2CC3CN(CC4CCOCC4)CC3C2)nn1. The Hall–Kier alpha value is -2.05. The van der Waals surface area contributed by atoms with Crippen LogP contribution in [0.4, 0.5) is 5.82 Å². The molecular weight excluding hydrogens is 386 g/mol. The maximum Gasteiger partial charge on any atom is 0.148 e. The van der Waals surface area contributed by atoms with Gasteiger partial charge < -0.3 is 15.0 Å². The number of fused-ring (bicyclic) bond motifs is 1. The Balaban J connectivity index is 1.00. The second-order valence-electron chi connectivity index (χ2n) is 10.2. The molecule has 1 N–H and O–H groups in total. The maximum atomic E-state index is 5.52. The molecule has 0 aromatic carbocycles. The first-order chi connectivity index (χ1) is 15.3. The number of pyridine rings is 1. The van der Waals surface area contributed by atoms with E-state index in [2.05, 4.69) is 49.7 Å². The lowest BCUT2D eigenvalue weighted by atomic mass is 10.00. The number of hydrogen-bond acceptors (Lipinski definition) is 6. The summed E-state index contributed by atoms with van der Waals surface area (Å²) in [5.74, 6) is 4.10. The van der Waals surface area contributed by atoms with Crippen molar-refractivity contribution in [1.29, 1.82) is 0 Å². The van der Waals surface area contributed by atoms with E-state index in [9.17, 15) is 0 Å². The summed E-state index contributed by atoms with van der Waals surface area (Å²) in [5.41, 5.74) is 3.16. The van der Waals surface area contributed by atoms with Crippen molar-refractivity contribution in [3.63, 3.8) is 0 Å². The molecule has 0 radical (unpaired) electrons. The van der Waals surface area contributed by atoms with Crippen molar-refractivity contribution in [2.75, 3.05) is 38.2 Å². The molecule has 2 aromatic heterocycles. The summed E-state index contributed by atoms with van der Waals surface area (Å²) in [5, 5.41) is 12.6. The van der Waals surface area contributed by atoms with Crippen molar-refractivity contribution >= 4 is 5.82 Å². The minimum Gasteiger partial charge on any atom is -0.381 e. The van der Waals surface area contributed by atoms with E-state index < -0.39 is 0 Å². The first-order valence-corrected chi connectivity index (χ1v) is 12.2. The molecule has 2 unspecified atom stereocenters. The highest BCUT2D eigenvalue weighted by atomic mass is 16.5. The molecule has 2 aliphatic carbocycles. The van der Waals surface area contributed by atoms with Crippen molar-refractivity contribution in [3.05, 3.63) is 36.2 Å². The molecule has 4 fully saturated rings. The molecule has 6 rings (SSSR count). The highest BCUT2D eigenvalue weighted by Crippen LogP contribution is 2.40. The zero-order valence-corrected chi connectivity index (χ0v) is 18.2. The lowest BCUT2D eigenvalue weighted by molar-refractivity contribution is 0.0545. The Bertz CT molecular complexity index is 862. The van der Waals surface area contributed by atoms with E-state index in [0.29, 0.717) is 12.0 Å². The van der Waals surface area contributed by atoms with Gasteiger partial charge in [-0.3, -0.25) is 4.98 Å². The van der Waals surface area contributed by atoms with E-state index in [4.69, 9.17) is 4.74 Å². The molecule has 4 aliphatic rings. The van der Waals surface area contributed by atoms with Gasteiger partial charge in [0.1, 0.15) is 5.82 Å². The molecule has 0 amide bonds. The first-order valence-electron chi connectivity index (χ1n) is 12.2. The Morgan fingerprint density at radius 1 is 0.935 bits per heavy atom. The Labute approximate surface area is 184 Å². The number of rotatable bonds is 6. The summed E-state index contributed by atoms with van der Waals surface area (Å²) < 4.78 is 5.52. The van der Waals surface area contributed by atoms with Crippen LogP contribution in [-0.4, -0.2) is 59.0 Å². The molecule has 2 saturated heterocycles. The molecule has 0 bridgehead atoms. The summed E-state index contributed by atoms with van der Waals surface area (Å²) in [4.78, 5) is 7.33. The average Bonchev–Trinajstić information content (AvgIpc) is 3.50. The Kier molecular flexibility index (Phi) is 5.36. The quantitative estimate of drug-likeness (QED) is 0.765. The van der Waals surface area contributed by atoms with Crippen LogP contribution in [-0.2, 0) is 4.74 Å². The van der Waals surface area contributed by atoms with Crippen molar-refractivity contribution in [1.82, 2.24) is 20.1 Å². The third-order valence-corrected chi connectivity index (χ3v) is 7.78. The molecule has 2 aliphatic heterocycles. The lowest BCUT2D eigenvalue weighted by Gasteiger charge is -2.27. The number of anilines is 1. The summed E-state index contributed by atoms with van der Waals surface area (Å²) in [6, 6.07) is 8.93. The molecule has 4 heterocycles. The summed E-state index contributed by atoms with van der Waals surface area (Å²) in [7, 11) is 0. The highest BCUT2D eigenvalue weighted by Gasteiger charge is 2.41. The van der Waals surface area contributed by atoms with E-state index in [1.165, 1.54) is 63.9 Å². The maximum absolute atomic E-state index is 5.52. The number of nitrogens with zero attached hydrogens (tertiary/aromatic N) is 4. The minimum absolute atomic E-state index is 0.528. The predicted molar refractivity (Wildman–Crippen MR) is 121 cm³/mol. The molecule has 2 atom stereocenters. The number of hydrogen-bond donors (Lipinski definition) is 1. The van der Waals surface area contributed by atoms with Gasteiger partial charge in [0.15, 0.2) is 0 Å². The van der Waals surface area contributed by atoms with E-state index in [1.807, 2.05) is 6.20 Å². The predicted octanol–water partition coefficient (Wildman–Crippen LogP) is 3.96. The second kappa shape index (κ2) is 8.47. The minimum atomic E-state index is 0.528. The standard InChI is InChI=1S/C25H33N5O/c1-2-18(1)23-4-3-19(13-26-23)24-5-6-25(29-28-24)27-22-11-20-15-30(16-21(20)12-22)14-17-7-9-31-10-8-17/h3-6,13,17-18,20-22H,1-2,7-12,14-16H2,(H,27,29). The summed E-state index contributed by atoms with van der Waals surface area (Å²) in [6.07, 6.45) is 9.49. The van der Waals surface area contributed by atoms with Gasteiger partial charge in [-0.15, -0.1) is 10.2 Å². The van der Waals surface area contributed by atoms with Gasteiger partial charge in [0, 0.05) is 62.3 Å². The van der Waals surface area contributed by atoms with Gasteiger partial charge in [-0.1, -0.05) is 0 Å². The molecule has 0 spiro atoms. The fourth-order valence-corrected chi connectivity index (χ4v) is 5.91. The normalized spacial score (nSPS) is 29.2. The van der Waals surface area contributed by atoms with Crippen LogP contribution in [0.15, 0.2) is 30.5 Å². The zero-order chi connectivity index (χ0) is 20.6. The topological polar surface area (TPSA) is 63.2 Å². The van der Waals surface area contributed by atoms with Crippen LogP contribution in [0.2, 0.25) is 0 Å². The van der Waals surface area contributed by atoms with Gasteiger partial charge in [-0.2, -0.15) is 0 Å². The van der Waals surface area contributed by atoms with Gasteiger partial charge >= 0.3 is 0 Å². The third-order valence-electron chi connectivity index (χ3n) is 7.78. The number of ether oxygens (including phenoxy) is 1. The monoisotopic (exact) mass is 419 g/mol. The molecule has 2 saturated carbocycles. The van der Waals surface area contributed by atoms with Gasteiger partial charge in [0.25, 0.3) is 0 Å². The van der Waals surface area contributed by atoms with Crippen molar-refractivity contribution in [2.45, 2.75) is 50.5 Å². The van der Waals surface area contributed by atoms with Crippen LogP contribution in [0.25, 0.3) is 11.3 Å². The fraction of sp³-hybridized carbons (Fsp3) is 0.640. The van der Waals surface area contributed by atoms with E-state index in [1.54, 1.807) is 0 Å². The molecule has 6 nitrogen and oxygen atoms in total. The van der Waals surface area contributed by atoms with Crippen molar-refractivity contribution < 1.29 is 4.74 Å². The van der Waals surface area contributed by atoms with Gasteiger partial charge in [-0.05, 0) is 80.5 Å². The van der Waals surface area contributed by atoms with Crippen molar-refractivity contribution in [2.24, 2.45) is 17.8 Å². The molecule has 2 aromatic rings. The molecule has 164 valence electrons. The molecule has 6 heteroatoms. The zero-order valence-electron chi connectivity index (χ0n) is 18.2. The van der Waals surface area contributed by atoms with Crippen molar-refractivity contribution in [3.8, 4) is 11.3 Å². The van der Waals surface area contributed by atoms with Crippen LogP contribution in [0.5, 0.6) is 0 Å². The van der Waals surface area contributed by atoms with Crippen LogP contribution < -0.4 is 5.32 Å². The molecular formula is C25H33N5O. The largest absolute Gasteiger partial charge is 0.381 e. The fourth-order valence-electron chi connectivity index (χ4n) is 5.91. The van der Waals surface area contributed by atoms with Crippen LogP contribution in [0.3, 0.4) is 0 Å². The highest BCUT2D eigenvalue weighted by molar-refractivity contribution is 5.58. The van der Waals surface area contributed by atoms with Crippen LogP contribution in [0.1, 0.15) is 50.1 Å². The van der Waals surface area contributed by atoms with E-state index in [-0.39, 0.29) is 0 Å². The Morgan fingerprint density at radius 2 is 1.74 bits per heavy atom. The van der Waals surface area contributed by atoms with Gasteiger partial charge in [0.05, 0.1) is 5.69 Å². The summed E-state index contributed by atoms with van der Waals surface area (Å²) >= 11 is 0. The number of likely N-dealkylation sites (tertiary alicyclic amines) is 1. The summed E-state index contributed by atoms with van der Waals surface area (Å²) in [6.45, 7) is 5.74. The van der Waals surface area contributed by atoms with Crippen LogP contribution in [0, 0.1) is 17.8 Å². The van der Waals surface area contributed by atoms with Crippen LogP contribution >= 0.6 is 0 Å². The average molecular weight is 420 g/mol. The van der Waals surface area contributed by atoms with Gasteiger partial charge in [-0.25, -0.2) is 0 Å². The number of nitrogens with one attached hydrogen (secondary N) is 1. The number of aromatic nitrogens is 3.